The van der Waals surface area contributed by atoms with Crippen molar-refractivity contribution in [3.63, 3.8) is 0 Å². The van der Waals surface area contributed by atoms with Crippen LogP contribution in [-0.2, 0) is 6.54 Å². The summed E-state index contributed by atoms with van der Waals surface area (Å²) < 4.78 is 0. The molecular weight excluding hydrogens is 340 g/mol. The van der Waals surface area contributed by atoms with E-state index in [9.17, 15) is 9.59 Å². The summed E-state index contributed by atoms with van der Waals surface area (Å²) in [6, 6.07) is 18.5. The van der Waals surface area contributed by atoms with Crippen LogP contribution in [0.15, 0.2) is 67.0 Å². The molecule has 1 heterocycles. The summed E-state index contributed by atoms with van der Waals surface area (Å²) in [6.45, 7) is 2.15. The van der Waals surface area contributed by atoms with Crippen LogP contribution >= 0.6 is 0 Å². The van der Waals surface area contributed by atoms with Crippen LogP contribution in [-0.4, -0.2) is 28.7 Å². The summed E-state index contributed by atoms with van der Waals surface area (Å²) in [6.07, 6.45) is 1.37. The van der Waals surface area contributed by atoms with Crippen molar-refractivity contribution in [2.45, 2.75) is 13.5 Å². The Morgan fingerprint density at radius 2 is 1.78 bits per heavy atom. The Bertz CT molecular complexity index is 957. The summed E-state index contributed by atoms with van der Waals surface area (Å²) in [5.74, 6) is 0.238. The number of anilines is 2. The lowest BCUT2D eigenvalue weighted by Crippen LogP contribution is -2.20. The molecule has 136 valence electrons. The van der Waals surface area contributed by atoms with Gasteiger partial charge in [-0.15, -0.1) is 0 Å². The number of nitrogens with one attached hydrogen (secondary N) is 1. The van der Waals surface area contributed by atoms with Gasteiger partial charge in [-0.2, -0.15) is 0 Å². The van der Waals surface area contributed by atoms with Gasteiger partial charge in [-0.25, -0.2) is 9.97 Å². The van der Waals surface area contributed by atoms with E-state index in [0.29, 0.717) is 23.6 Å². The third-order valence-electron chi connectivity index (χ3n) is 4.07. The van der Waals surface area contributed by atoms with Crippen molar-refractivity contribution >= 4 is 23.2 Å². The van der Waals surface area contributed by atoms with E-state index in [-0.39, 0.29) is 17.4 Å². The molecule has 0 atom stereocenters. The molecule has 2 aromatic carbocycles. The molecule has 1 aromatic heterocycles. The Balaban J connectivity index is 1.73. The van der Waals surface area contributed by atoms with Crippen LogP contribution < -0.4 is 10.2 Å². The van der Waals surface area contributed by atoms with Gasteiger partial charge in [-0.05, 0) is 24.6 Å². The number of carbonyl (C=O) groups is 2. The lowest BCUT2D eigenvalue weighted by atomic mass is 10.1. The Morgan fingerprint density at radius 1 is 1.00 bits per heavy atom. The molecule has 0 unspecified atom stereocenters. The molecule has 3 rings (SSSR count). The molecule has 1 N–H and O–H groups in total. The number of aromatic nitrogens is 2. The summed E-state index contributed by atoms with van der Waals surface area (Å²) in [5, 5.41) is 2.77. The monoisotopic (exact) mass is 360 g/mol. The smallest absolute Gasteiger partial charge is 0.274 e. The van der Waals surface area contributed by atoms with E-state index in [1.165, 1.54) is 13.3 Å². The summed E-state index contributed by atoms with van der Waals surface area (Å²) in [4.78, 5) is 34.3. The van der Waals surface area contributed by atoms with E-state index in [2.05, 4.69) is 15.3 Å². The quantitative estimate of drug-likeness (QED) is 0.680. The molecule has 0 spiro atoms. The van der Waals surface area contributed by atoms with Crippen molar-refractivity contribution in [3.8, 4) is 0 Å². The molecular formula is C21H20N4O2. The lowest BCUT2D eigenvalue weighted by Gasteiger charge is -2.18. The van der Waals surface area contributed by atoms with Gasteiger partial charge in [0.25, 0.3) is 5.91 Å². The Hall–Kier alpha value is -3.54. The first kappa shape index (κ1) is 18.3. The van der Waals surface area contributed by atoms with E-state index >= 15 is 0 Å². The normalized spacial score (nSPS) is 10.3. The summed E-state index contributed by atoms with van der Waals surface area (Å²) in [5.41, 5.74) is 2.49. The fraction of sp³-hybridized carbons (Fsp3) is 0.143. The van der Waals surface area contributed by atoms with E-state index in [1.807, 2.05) is 42.3 Å². The molecule has 0 saturated heterocycles. The minimum atomic E-state index is -0.354. The molecule has 6 heteroatoms. The number of hydrogen-bond donors (Lipinski definition) is 1. The minimum Gasteiger partial charge on any atom is -0.355 e. The van der Waals surface area contributed by atoms with Crippen LogP contribution in [0.2, 0.25) is 0 Å². The topological polar surface area (TPSA) is 75.2 Å². The van der Waals surface area contributed by atoms with Gasteiger partial charge in [0, 0.05) is 30.9 Å². The van der Waals surface area contributed by atoms with Gasteiger partial charge in [-0.1, -0.05) is 42.5 Å². The van der Waals surface area contributed by atoms with Crippen LogP contribution in [0.25, 0.3) is 0 Å². The maximum atomic E-state index is 12.5. The molecule has 0 bridgehead atoms. The Kier molecular flexibility index (Phi) is 5.56. The first-order chi connectivity index (χ1) is 13.0. The van der Waals surface area contributed by atoms with Gasteiger partial charge in [-0.3, -0.25) is 9.59 Å². The van der Waals surface area contributed by atoms with E-state index < -0.39 is 0 Å². The predicted molar refractivity (Wildman–Crippen MR) is 105 cm³/mol. The third-order valence-corrected chi connectivity index (χ3v) is 4.07. The number of Topliss-reactive ketones (excluding diaryl/α,β-unsaturated/α-hetero) is 1. The second kappa shape index (κ2) is 8.23. The average Bonchev–Trinajstić information content (AvgIpc) is 2.69. The molecule has 1 amide bonds. The fourth-order valence-corrected chi connectivity index (χ4v) is 2.63. The van der Waals surface area contributed by atoms with Crippen LogP contribution in [0.1, 0.15) is 33.3 Å². The van der Waals surface area contributed by atoms with Crippen molar-refractivity contribution in [2.75, 3.05) is 17.3 Å². The third kappa shape index (κ3) is 4.76. The highest BCUT2D eigenvalue weighted by Crippen LogP contribution is 2.15. The fourth-order valence-electron chi connectivity index (χ4n) is 2.63. The Labute approximate surface area is 157 Å². The molecule has 0 aliphatic heterocycles. The molecule has 0 aliphatic carbocycles. The first-order valence-electron chi connectivity index (χ1n) is 8.52. The van der Waals surface area contributed by atoms with E-state index in [1.54, 1.807) is 30.3 Å². The SMILES string of the molecule is CC(=O)c1cccc(NC(=O)c2cc(N(C)Cc3ccccc3)ncn2)c1. The number of benzene rings is 2. The van der Waals surface area contributed by atoms with Crippen LogP contribution in [0, 0.1) is 0 Å². The predicted octanol–water partition coefficient (Wildman–Crippen LogP) is 3.57. The number of carbonyl (C=O) groups excluding carboxylic acids is 2. The second-order valence-corrected chi connectivity index (χ2v) is 6.19. The maximum absolute atomic E-state index is 12.5. The number of hydrogen-bond acceptors (Lipinski definition) is 5. The standard InChI is InChI=1S/C21H20N4O2/c1-15(26)17-9-6-10-18(11-17)24-21(27)19-12-20(23-14-22-19)25(2)13-16-7-4-3-5-8-16/h3-12,14H,13H2,1-2H3,(H,24,27). The number of ketones is 1. The minimum absolute atomic E-state index is 0.0574. The van der Waals surface area contributed by atoms with Gasteiger partial charge >= 0.3 is 0 Å². The molecule has 0 fully saturated rings. The summed E-state index contributed by atoms with van der Waals surface area (Å²) in [7, 11) is 1.91. The molecule has 0 radical (unpaired) electrons. The number of amides is 1. The summed E-state index contributed by atoms with van der Waals surface area (Å²) >= 11 is 0. The van der Waals surface area contributed by atoms with Crippen molar-refractivity contribution in [1.82, 2.24) is 9.97 Å². The van der Waals surface area contributed by atoms with Crippen molar-refractivity contribution in [2.24, 2.45) is 0 Å². The maximum Gasteiger partial charge on any atom is 0.274 e. The zero-order valence-electron chi connectivity index (χ0n) is 15.2. The van der Waals surface area contributed by atoms with Gasteiger partial charge in [0.05, 0.1) is 0 Å². The van der Waals surface area contributed by atoms with Crippen molar-refractivity contribution in [3.05, 3.63) is 83.8 Å². The van der Waals surface area contributed by atoms with E-state index in [0.717, 1.165) is 5.56 Å². The largest absolute Gasteiger partial charge is 0.355 e. The Morgan fingerprint density at radius 3 is 2.52 bits per heavy atom. The number of nitrogens with zero attached hydrogens (tertiary/aromatic N) is 3. The van der Waals surface area contributed by atoms with Crippen molar-refractivity contribution < 1.29 is 9.59 Å². The second-order valence-electron chi connectivity index (χ2n) is 6.19. The highest BCUT2D eigenvalue weighted by molar-refractivity contribution is 6.04. The van der Waals surface area contributed by atoms with Gasteiger partial charge in [0.2, 0.25) is 0 Å². The van der Waals surface area contributed by atoms with E-state index in [4.69, 9.17) is 0 Å². The number of rotatable bonds is 6. The molecule has 0 aliphatic rings. The van der Waals surface area contributed by atoms with Crippen LogP contribution in [0.5, 0.6) is 0 Å². The zero-order valence-corrected chi connectivity index (χ0v) is 15.2. The molecule has 0 saturated carbocycles. The zero-order chi connectivity index (χ0) is 19.2. The van der Waals surface area contributed by atoms with Crippen LogP contribution in [0.4, 0.5) is 11.5 Å². The van der Waals surface area contributed by atoms with Gasteiger partial charge < -0.3 is 10.2 Å². The van der Waals surface area contributed by atoms with Gasteiger partial charge in [0.15, 0.2) is 5.78 Å². The van der Waals surface area contributed by atoms with Crippen LogP contribution in [0.3, 0.4) is 0 Å². The lowest BCUT2D eigenvalue weighted by molar-refractivity contribution is 0.100. The molecule has 27 heavy (non-hydrogen) atoms. The highest BCUT2D eigenvalue weighted by atomic mass is 16.2. The van der Waals surface area contributed by atoms with Crippen molar-refractivity contribution in [1.29, 1.82) is 0 Å². The highest BCUT2D eigenvalue weighted by Gasteiger charge is 2.12. The first-order valence-corrected chi connectivity index (χ1v) is 8.52. The molecule has 3 aromatic rings. The van der Waals surface area contributed by atoms with Gasteiger partial charge in [0.1, 0.15) is 17.8 Å². The molecule has 6 nitrogen and oxygen atoms in total. The average molecular weight is 360 g/mol.